The van der Waals surface area contributed by atoms with Gasteiger partial charge in [0.15, 0.2) is 0 Å². The number of carboxylic acids is 1. The van der Waals surface area contributed by atoms with E-state index in [1.54, 1.807) is 0 Å². The third kappa shape index (κ3) is 6.46. The molecule has 0 fully saturated rings. The van der Waals surface area contributed by atoms with E-state index in [9.17, 15) is 15.0 Å². The Kier molecular flexibility index (Phi) is 9.05. The Balaban J connectivity index is 1.40. The summed E-state index contributed by atoms with van der Waals surface area (Å²) in [7, 11) is 0. The second-order valence-electron chi connectivity index (χ2n) is 10.2. The van der Waals surface area contributed by atoms with E-state index in [1.165, 1.54) is 0 Å². The van der Waals surface area contributed by atoms with E-state index in [2.05, 4.69) is 24.3 Å². The Morgan fingerprint density at radius 2 is 1.10 bits per heavy atom. The van der Waals surface area contributed by atoms with Crippen molar-refractivity contribution in [3.63, 3.8) is 0 Å². The van der Waals surface area contributed by atoms with Crippen molar-refractivity contribution < 1.29 is 19.7 Å². The summed E-state index contributed by atoms with van der Waals surface area (Å²) >= 11 is 0. The minimum Gasteiger partial charge on any atom is -0.481 e. The van der Waals surface area contributed by atoms with Crippen LogP contribution in [0.2, 0.25) is 0 Å². The molecule has 5 aromatic carbocycles. The molecule has 0 amide bonds. The Hall–Kier alpha value is -4.51. The number of aryl methyl sites for hydroxylation is 1. The van der Waals surface area contributed by atoms with Crippen molar-refractivity contribution in [3.05, 3.63) is 168 Å². The largest absolute Gasteiger partial charge is 0.481 e. The van der Waals surface area contributed by atoms with Crippen LogP contribution < -0.4 is 0 Å². The molecule has 4 heteroatoms. The predicted octanol–water partition coefficient (Wildman–Crippen LogP) is 7.36. The van der Waals surface area contributed by atoms with Crippen LogP contribution in [0.3, 0.4) is 0 Å². The summed E-state index contributed by atoms with van der Waals surface area (Å²) in [4.78, 5) is 12.5. The maximum atomic E-state index is 12.5. The molecule has 0 unspecified atom stereocenters. The van der Waals surface area contributed by atoms with E-state index < -0.39 is 23.6 Å². The highest BCUT2D eigenvalue weighted by molar-refractivity contribution is 5.71. The standard InChI is InChI=1S/C37H34O4/c38-35(25-24-28-14-13-17-30(26-28)29-15-5-1-6-16-29)34(36(39)40)27-41-37(31-18-7-2-8-19-31,32-20-9-3-10-21-32)33-22-11-4-12-23-33/h1-23,26,34-35,38H,24-25,27H2,(H,39,40)/t34-,35-/m0/s1. The average molecular weight is 543 g/mol. The molecule has 0 spiro atoms. The number of hydrogen-bond acceptors (Lipinski definition) is 3. The summed E-state index contributed by atoms with van der Waals surface area (Å²) in [6, 6.07) is 47.8. The van der Waals surface area contributed by atoms with Crippen LogP contribution in [0.5, 0.6) is 0 Å². The van der Waals surface area contributed by atoms with Crippen LogP contribution >= 0.6 is 0 Å². The SMILES string of the molecule is O=C(O)[C@@H](COC(c1ccccc1)(c1ccccc1)c1ccccc1)[C@@H](O)CCc1cccc(-c2ccccc2)c1. The van der Waals surface area contributed by atoms with Crippen molar-refractivity contribution in [1.29, 1.82) is 0 Å². The van der Waals surface area contributed by atoms with Gasteiger partial charge in [-0.25, -0.2) is 0 Å². The molecule has 206 valence electrons. The number of hydrogen-bond donors (Lipinski definition) is 2. The Bertz CT molecular complexity index is 1420. The van der Waals surface area contributed by atoms with Crippen LogP contribution in [0.1, 0.15) is 28.7 Å². The lowest BCUT2D eigenvalue weighted by Gasteiger charge is -2.37. The zero-order valence-corrected chi connectivity index (χ0v) is 22.8. The molecule has 0 heterocycles. The van der Waals surface area contributed by atoms with E-state index in [-0.39, 0.29) is 6.61 Å². The van der Waals surface area contributed by atoms with Gasteiger partial charge in [0, 0.05) is 0 Å². The quantitative estimate of drug-likeness (QED) is 0.162. The van der Waals surface area contributed by atoms with E-state index in [0.717, 1.165) is 33.4 Å². The summed E-state index contributed by atoms with van der Waals surface area (Å²) in [6.45, 7) is -0.167. The van der Waals surface area contributed by atoms with Gasteiger partial charge < -0.3 is 14.9 Å². The monoisotopic (exact) mass is 542 g/mol. The molecule has 0 saturated carbocycles. The molecular weight excluding hydrogens is 508 g/mol. The van der Waals surface area contributed by atoms with Gasteiger partial charge in [0.25, 0.3) is 0 Å². The number of rotatable bonds is 12. The van der Waals surface area contributed by atoms with Crippen molar-refractivity contribution in [2.75, 3.05) is 6.61 Å². The first-order valence-corrected chi connectivity index (χ1v) is 13.9. The first-order valence-electron chi connectivity index (χ1n) is 13.9. The average Bonchev–Trinajstić information content (AvgIpc) is 3.04. The molecular formula is C37H34O4. The van der Waals surface area contributed by atoms with E-state index in [0.29, 0.717) is 12.8 Å². The zero-order valence-electron chi connectivity index (χ0n) is 22.8. The second kappa shape index (κ2) is 13.2. The number of aliphatic carboxylic acids is 1. The van der Waals surface area contributed by atoms with Gasteiger partial charge in [0.05, 0.1) is 12.7 Å². The topological polar surface area (TPSA) is 66.8 Å². The summed E-state index contributed by atoms with van der Waals surface area (Å²) in [5.41, 5.74) is 4.85. The van der Waals surface area contributed by atoms with Gasteiger partial charge in [-0.15, -0.1) is 0 Å². The van der Waals surface area contributed by atoms with E-state index in [4.69, 9.17) is 4.74 Å². The Morgan fingerprint density at radius 3 is 1.59 bits per heavy atom. The van der Waals surface area contributed by atoms with Gasteiger partial charge in [-0.2, -0.15) is 0 Å². The predicted molar refractivity (Wildman–Crippen MR) is 162 cm³/mol. The lowest BCUT2D eigenvalue weighted by molar-refractivity contribution is -0.151. The van der Waals surface area contributed by atoms with Gasteiger partial charge in [-0.3, -0.25) is 4.79 Å². The van der Waals surface area contributed by atoms with Crippen LogP contribution in [0.25, 0.3) is 11.1 Å². The third-order valence-electron chi connectivity index (χ3n) is 7.56. The van der Waals surface area contributed by atoms with Crippen molar-refractivity contribution in [1.82, 2.24) is 0 Å². The highest BCUT2D eigenvalue weighted by atomic mass is 16.5. The lowest BCUT2D eigenvalue weighted by Crippen LogP contribution is -2.39. The number of benzene rings is 5. The van der Waals surface area contributed by atoms with Crippen LogP contribution in [-0.4, -0.2) is 28.9 Å². The maximum Gasteiger partial charge on any atom is 0.311 e. The first kappa shape index (κ1) is 28.0. The molecule has 5 aromatic rings. The molecule has 5 rings (SSSR count). The number of aliphatic hydroxyl groups is 1. The molecule has 0 aliphatic rings. The molecule has 4 nitrogen and oxygen atoms in total. The molecule has 0 bridgehead atoms. The van der Waals surface area contributed by atoms with Crippen LogP contribution in [0, 0.1) is 5.92 Å². The molecule has 0 aromatic heterocycles. The third-order valence-corrected chi connectivity index (χ3v) is 7.56. The lowest BCUT2D eigenvalue weighted by atomic mass is 9.80. The molecule has 0 aliphatic heterocycles. The van der Waals surface area contributed by atoms with Crippen molar-refractivity contribution in [3.8, 4) is 11.1 Å². The fourth-order valence-corrected chi connectivity index (χ4v) is 5.38. The Labute approximate surface area is 241 Å². The van der Waals surface area contributed by atoms with Gasteiger partial charge in [0.1, 0.15) is 11.5 Å². The molecule has 0 radical (unpaired) electrons. The number of aliphatic hydroxyl groups excluding tert-OH is 1. The highest BCUT2D eigenvalue weighted by Gasteiger charge is 2.40. The van der Waals surface area contributed by atoms with E-state index >= 15 is 0 Å². The number of ether oxygens (including phenoxy) is 1. The smallest absolute Gasteiger partial charge is 0.311 e. The van der Waals surface area contributed by atoms with Gasteiger partial charge >= 0.3 is 5.97 Å². The first-order chi connectivity index (χ1) is 20.1. The second-order valence-corrected chi connectivity index (χ2v) is 10.2. The van der Waals surface area contributed by atoms with Crippen molar-refractivity contribution >= 4 is 5.97 Å². The van der Waals surface area contributed by atoms with Crippen LogP contribution in [-0.2, 0) is 21.6 Å². The number of carboxylic acid groups (broad SMARTS) is 1. The zero-order chi connectivity index (χ0) is 28.5. The molecule has 0 saturated heterocycles. The van der Waals surface area contributed by atoms with Crippen molar-refractivity contribution in [2.45, 2.75) is 24.5 Å². The van der Waals surface area contributed by atoms with Crippen molar-refractivity contribution in [2.24, 2.45) is 5.92 Å². The minimum absolute atomic E-state index is 0.167. The van der Waals surface area contributed by atoms with E-state index in [1.807, 2.05) is 121 Å². The van der Waals surface area contributed by atoms with Gasteiger partial charge in [0.2, 0.25) is 0 Å². The number of carbonyl (C=O) groups is 1. The molecule has 41 heavy (non-hydrogen) atoms. The maximum absolute atomic E-state index is 12.5. The molecule has 0 aliphatic carbocycles. The minimum atomic E-state index is -1.11. The molecule has 2 N–H and O–H groups in total. The van der Waals surface area contributed by atoms with Crippen LogP contribution in [0.15, 0.2) is 146 Å². The normalized spacial score (nSPS) is 12.9. The van der Waals surface area contributed by atoms with Crippen LogP contribution in [0.4, 0.5) is 0 Å². The highest BCUT2D eigenvalue weighted by Crippen LogP contribution is 2.41. The fourth-order valence-electron chi connectivity index (χ4n) is 5.38. The van der Waals surface area contributed by atoms with Gasteiger partial charge in [-0.05, 0) is 46.2 Å². The molecule has 2 atom stereocenters. The fraction of sp³-hybridized carbons (Fsp3) is 0.162. The van der Waals surface area contributed by atoms with Gasteiger partial charge in [-0.1, -0.05) is 146 Å². The summed E-state index contributed by atoms with van der Waals surface area (Å²) in [6.07, 6.45) is -0.242. The Morgan fingerprint density at radius 1 is 0.634 bits per heavy atom. The summed E-state index contributed by atoms with van der Waals surface area (Å²) in [5, 5.41) is 21.4. The summed E-state index contributed by atoms with van der Waals surface area (Å²) in [5.74, 6) is -2.19. The summed E-state index contributed by atoms with van der Waals surface area (Å²) < 4.78 is 6.72.